The minimum Gasteiger partial charge on any atom is -0.337 e. The fourth-order valence-corrected chi connectivity index (χ4v) is 2.95. The lowest BCUT2D eigenvalue weighted by Crippen LogP contribution is -2.26. The largest absolute Gasteiger partial charge is 0.337 e. The van der Waals surface area contributed by atoms with E-state index < -0.39 is 0 Å². The molecule has 0 spiro atoms. The summed E-state index contributed by atoms with van der Waals surface area (Å²) in [6.07, 6.45) is 0. The van der Waals surface area contributed by atoms with E-state index in [1.54, 1.807) is 18.0 Å². The van der Waals surface area contributed by atoms with Crippen LogP contribution in [0.4, 0.5) is 0 Å². The van der Waals surface area contributed by atoms with Crippen LogP contribution >= 0.6 is 39.1 Å². The second kappa shape index (κ2) is 7.30. The molecule has 0 aromatic heterocycles. The maximum atomic E-state index is 12.4. The number of rotatable bonds is 4. The van der Waals surface area contributed by atoms with Gasteiger partial charge in [-0.15, -0.1) is 0 Å². The van der Waals surface area contributed by atoms with Crippen LogP contribution in [-0.4, -0.2) is 17.9 Å². The molecule has 0 aliphatic heterocycles. The third kappa shape index (κ3) is 4.47. The Balaban J connectivity index is 2.11. The smallest absolute Gasteiger partial charge is 0.253 e. The van der Waals surface area contributed by atoms with Crippen LogP contribution in [0.3, 0.4) is 0 Å². The van der Waals surface area contributed by atoms with E-state index in [4.69, 9.17) is 23.2 Å². The summed E-state index contributed by atoms with van der Waals surface area (Å²) < 4.78 is 0. The van der Waals surface area contributed by atoms with Gasteiger partial charge >= 0.3 is 0 Å². The van der Waals surface area contributed by atoms with Crippen molar-refractivity contribution in [3.8, 4) is 0 Å². The molecular formula is C16H14BrCl2NO. The van der Waals surface area contributed by atoms with Crippen LogP contribution in [0.25, 0.3) is 0 Å². The molecule has 0 atom stereocenters. The van der Waals surface area contributed by atoms with Gasteiger partial charge in [-0.1, -0.05) is 51.3 Å². The molecule has 2 aromatic carbocycles. The molecule has 0 bridgehead atoms. The zero-order chi connectivity index (χ0) is 15.4. The Bertz CT molecular complexity index is 623. The highest BCUT2D eigenvalue weighted by Crippen LogP contribution is 2.20. The van der Waals surface area contributed by atoms with Gasteiger partial charge in [0.2, 0.25) is 0 Å². The summed E-state index contributed by atoms with van der Waals surface area (Å²) in [5.74, 6) is -0.0350. The molecule has 0 N–H and O–H groups in total. The average Bonchev–Trinajstić information content (AvgIpc) is 2.45. The van der Waals surface area contributed by atoms with Crippen LogP contribution in [-0.2, 0) is 11.9 Å². The molecule has 21 heavy (non-hydrogen) atoms. The van der Waals surface area contributed by atoms with Gasteiger partial charge in [-0.25, -0.2) is 0 Å². The first kappa shape index (κ1) is 16.3. The summed E-state index contributed by atoms with van der Waals surface area (Å²) in [6, 6.07) is 12.8. The van der Waals surface area contributed by atoms with Gasteiger partial charge in [0.15, 0.2) is 0 Å². The third-order valence-electron chi connectivity index (χ3n) is 3.04. The molecule has 2 aromatic rings. The van der Waals surface area contributed by atoms with Crippen molar-refractivity contribution in [3.05, 3.63) is 69.2 Å². The van der Waals surface area contributed by atoms with Crippen molar-refractivity contribution in [1.82, 2.24) is 4.90 Å². The van der Waals surface area contributed by atoms with E-state index in [-0.39, 0.29) is 5.91 Å². The van der Waals surface area contributed by atoms with Crippen molar-refractivity contribution in [2.75, 3.05) is 7.05 Å². The van der Waals surface area contributed by atoms with Crippen LogP contribution in [0.5, 0.6) is 0 Å². The Hall–Kier alpha value is -1.03. The van der Waals surface area contributed by atoms with Gasteiger partial charge in [-0.05, 0) is 41.5 Å². The first-order chi connectivity index (χ1) is 9.99. The summed E-state index contributed by atoms with van der Waals surface area (Å²) in [5, 5.41) is 1.92. The Kier molecular flexibility index (Phi) is 5.68. The molecule has 0 saturated heterocycles. The van der Waals surface area contributed by atoms with Crippen LogP contribution in [0.2, 0.25) is 10.0 Å². The van der Waals surface area contributed by atoms with Crippen molar-refractivity contribution in [1.29, 1.82) is 0 Å². The highest BCUT2D eigenvalue weighted by molar-refractivity contribution is 9.08. The highest BCUT2D eigenvalue weighted by atomic mass is 79.9. The maximum Gasteiger partial charge on any atom is 0.253 e. The zero-order valence-corrected chi connectivity index (χ0v) is 14.5. The molecule has 0 saturated carbocycles. The van der Waals surface area contributed by atoms with Gasteiger partial charge < -0.3 is 4.90 Å². The van der Waals surface area contributed by atoms with Crippen LogP contribution in [0.15, 0.2) is 42.5 Å². The fraction of sp³-hybridized carbons (Fsp3) is 0.188. The topological polar surface area (TPSA) is 20.3 Å². The zero-order valence-electron chi connectivity index (χ0n) is 11.4. The van der Waals surface area contributed by atoms with Crippen molar-refractivity contribution >= 4 is 45.0 Å². The molecule has 0 aliphatic carbocycles. The van der Waals surface area contributed by atoms with Gasteiger partial charge in [0.25, 0.3) is 5.91 Å². The summed E-state index contributed by atoms with van der Waals surface area (Å²) in [5.41, 5.74) is 2.70. The number of amides is 1. The lowest BCUT2D eigenvalue weighted by molar-refractivity contribution is 0.0785. The molecule has 0 aliphatic rings. The van der Waals surface area contributed by atoms with Crippen LogP contribution in [0.1, 0.15) is 21.5 Å². The van der Waals surface area contributed by atoms with E-state index in [2.05, 4.69) is 15.9 Å². The molecule has 2 nitrogen and oxygen atoms in total. The van der Waals surface area contributed by atoms with Gasteiger partial charge in [-0.2, -0.15) is 0 Å². The number of nitrogens with zero attached hydrogens (tertiary/aromatic N) is 1. The quantitative estimate of drug-likeness (QED) is 0.664. The average molecular weight is 387 g/mol. The number of halogens is 3. The number of hydrogen-bond acceptors (Lipinski definition) is 1. The summed E-state index contributed by atoms with van der Waals surface area (Å²) >= 11 is 15.3. The van der Waals surface area contributed by atoms with E-state index in [0.717, 1.165) is 16.5 Å². The highest BCUT2D eigenvalue weighted by Gasteiger charge is 2.12. The number of hydrogen-bond donors (Lipinski definition) is 0. The molecule has 2 rings (SSSR count). The Morgan fingerprint density at radius 1 is 1.05 bits per heavy atom. The molecular weight excluding hydrogens is 373 g/mol. The minimum atomic E-state index is -0.0350. The van der Waals surface area contributed by atoms with Gasteiger partial charge in [0, 0.05) is 34.5 Å². The van der Waals surface area contributed by atoms with Gasteiger partial charge in [0.1, 0.15) is 0 Å². The molecule has 110 valence electrons. The summed E-state index contributed by atoms with van der Waals surface area (Å²) in [6.45, 7) is 0.458. The van der Waals surface area contributed by atoms with E-state index in [1.165, 1.54) is 0 Å². The molecule has 0 heterocycles. The molecule has 0 fully saturated rings. The standard InChI is InChI=1S/C16H14BrCl2NO/c1-20(10-12-6-14(18)8-15(19)7-12)16(21)13-4-2-11(9-17)3-5-13/h2-8H,9-10H2,1H3. The van der Waals surface area contributed by atoms with E-state index in [9.17, 15) is 4.79 Å². The van der Waals surface area contributed by atoms with E-state index >= 15 is 0 Å². The second-order valence-electron chi connectivity index (χ2n) is 4.77. The molecule has 5 heteroatoms. The number of carbonyl (C=O) groups excluding carboxylic acids is 1. The number of benzene rings is 2. The predicted molar refractivity (Wildman–Crippen MR) is 91.3 cm³/mol. The Morgan fingerprint density at radius 3 is 2.14 bits per heavy atom. The van der Waals surface area contributed by atoms with Crippen molar-refractivity contribution in [2.24, 2.45) is 0 Å². The first-order valence-corrected chi connectivity index (χ1v) is 8.22. The lowest BCUT2D eigenvalue weighted by Gasteiger charge is -2.18. The molecule has 0 radical (unpaired) electrons. The van der Waals surface area contributed by atoms with Crippen molar-refractivity contribution in [2.45, 2.75) is 11.9 Å². The van der Waals surface area contributed by atoms with Crippen molar-refractivity contribution in [3.63, 3.8) is 0 Å². The van der Waals surface area contributed by atoms with Crippen molar-refractivity contribution < 1.29 is 4.79 Å². The van der Waals surface area contributed by atoms with E-state index in [1.807, 2.05) is 36.4 Å². The second-order valence-corrected chi connectivity index (χ2v) is 6.20. The SMILES string of the molecule is CN(Cc1cc(Cl)cc(Cl)c1)C(=O)c1ccc(CBr)cc1. The molecule has 1 amide bonds. The maximum absolute atomic E-state index is 12.4. The monoisotopic (exact) mass is 385 g/mol. The number of alkyl halides is 1. The Morgan fingerprint density at radius 2 is 1.62 bits per heavy atom. The van der Waals surface area contributed by atoms with E-state index in [0.29, 0.717) is 22.2 Å². The third-order valence-corrected chi connectivity index (χ3v) is 4.13. The van der Waals surface area contributed by atoms with Crippen LogP contribution < -0.4 is 0 Å². The van der Waals surface area contributed by atoms with Gasteiger partial charge in [0.05, 0.1) is 0 Å². The summed E-state index contributed by atoms with van der Waals surface area (Å²) in [7, 11) is 1.76. The Labute approximate surface area is 142 Å². The van der Waals surface area contributed by atoms with Gasteiger partial charge in [-0.3, -0.25) is 4.79 Å². The lowest BCUT2D eigenvalue weighted by atomic mass is 10.1. The molecule has 0 unspecified atom stereocenters. The van der Waals surface area contributed by atoms with Crippen LogP contribution in [0, 0.1) is 0 Å². The number of carbonyl (C=O) groups is 1. The first-order valence-electron chi connectivity index (χ1n) is 6.35. The fourth-order valence-electron chi connectivity index (χ4n) is 2.00. The normalized spacial score (nSPS) is 10.5. The summed E-state index contributed by atoms with van der Waals surface area (Å²) in [4.78, 5) is 14.0. The predicted octanol–water partition coefficient (Wildman–Crippen LogP) is 5.16. The minimum absolute atomic E-state index is 0.0350.